The van der Waals surface area contributed by atoms with Crippen molar-refractivity contribution in [2.24, 2.45) is 5.73 Å². The lowest BCUT2D eigenvalue weighted by molar-refractivity contribution is -0.137. The second-order valence-corrected chi connectivity index (χ2v) is 6.66. The molecule has 0 aliphatic carbocycles. The van der Waals surface area contributed by atoms with E-state index in [-0.39, 0.29) is 11.8 Å². The summed E-state index contributed by atoms with van der Waals surface area (Å²) in [6, 6.07) is 19.8. The molecule has 0 fully saturated rings. The van der Waals surface area contributed by atoms with E-state index in [1.165, 1.54) is 12.1 Å². The maximum Gasteiger partial charge on any atom is 0.416 e. The van der Waals surface area contributed by atoms with Crippen LogP contribution in [0.3, 0.4) is 0 Å². The summed E-state index contributed by atoms with van der Waals surface area (Å²) in [6.45, 7) is 2.50. The van der Waals surface area contributed by atoms with Crippen molar-refractivity contribution in [3.63, 3.8) is 0 Å². The quantitative estimate of drug-likeness (QED) is 0.587. The van der Waals surface area contributed by atoms with Crippen LogP contribution in [0.4, 0.5) is 13.2 Å². The number of rotatable bonds is 5. The zero-order valence-electron chi connectivity index (χ0n) is 14.6. The first-order chi connectivity index (χ1) is 12.4. The van der Waals surface area contributed by atoms with Gasteiger partial charge in [-0.3, -0.25) is 0 Å². The van der Waals surface area contributed by atoms with E-state index in [0.29, 0.717) is 18.5 Å². The molecular formula is C22H22F3N. The molecule has 3 aromatic rings. The average molecular weight is 357 g/mol. The van der Waals surface area contributed by atoms with Gasteiger partial charge in [-0.05, 0) is 52.8 Å². The molecule has 3 rings (SSSR count). The second-order valence-electron chi connectivity index (χ2n) is 6.66. The molecule has 26 heavy (non-hydrogen) atoms. The van der Waals surface area contributed by atoms with Crippen LogP contribution >= 0.6 is 0 Å². The molecule has 1 nitrogen and oxygen atoms in total. The van der Waals surface area contributed by atoms with Crippen molar-refractivity contribution < 1.29 is 13.2 Å². The van der Waals surface area contributed by atoms with Gasteiger partial charge in [-0.15, -0.1) is 0 Å². The Bertz CT molecular complexity index is 880. The molecular weight excluding hydrogens is 335 g/mol. The summed E-state index contributed by atoms with van der Waals surface area (Å²) in [4.78, 5) is 0. The smallest absolute Gasteiger partial charge is 0.330 e. The summed E-state index contributed by atoms with van der Waals surface area (Å²) < 4.78 is 39.4. The highest BCUT2D eigenvalue weighted by atomic mass is 19.4. The van der Waals surface area contributed by atoms with Crippen LogP contribution in [0.1, 0.15) is 41.9 Å². The minimum absolute atomic E-state index is 0.0492. The lowest BCUT2D eigenvalue weighted by atomic mass is 9.79. The molecule has 4 heteroatoms. The Morgan fingerprint density at radius 1 is 0.923 bits per heavy atom. The van der Waals surface area contributed by atoms with Crippen molar-refractivity contribution in [3.05, 3.63) is 83.4 Å². The number of hydrogen-bond acceptors (Lipinski definition) is 1. The third kappa shape index (κ3) is 3.75. The number of benzene rings is 3. The van der Waals surface area contributed by atoms with Crippen LogP contribution in [0.15, 0.2) is 66.7 Å². The van der Waals surface area contributed by atoms with Gasteiger partial charge in [0, 0.05) is 0 Å². The van der Waals surface area contributed by atoms with Crippen molar-refractivity contribution in [1.29, 1.82) is 0 Å². The van der Waals surface area contributed by atoms with Gasteiger partial charge in [0.25, 0.3) is 0 Å². The molecule has 0 aliphatic heterocycles. The molecule has 0 radical (unpaired) electrons. The fraction of sp³-hybridized carbons (Fsp3) is 0.273. The van der Waals surface area contributed by atoms with Crippen LogP contribution in [0.25, 0.3) is 10.8 Å². The first-order valence-electron chi connectivity index (χ1n) is 8.76. The van der Waals surface area contributed by atoms with Crippen LogP contribution in [-0.4, -0.2) is 6.54 Å². The summed E-state index contributed by atoms with van der Waals surface area (Å²) in [5, 5.41) is 2.27. The van der Waals surface area contributed by atoms with Gasteiger partial charge in [-0.2, -0.15) is 13.2 Å². The van der Waals surface area contributed by atoms with Crippen molar-refractivity contribution >= 4 is 10.8 Å². The highest BCUT2D eigenvalue weighted by Gasteiger charge is 2.31. The Morgan fingerprint density at radius 2 is 1.62 bits per heavy atom. The van der Waals surface area contributed by atoms with Crippen LogP contribution in [0, 0.1) is 0 Å². The number of hydrogen-bond donors (Lipinski definition) is 1. The highest BCUT2D eigenvalue weighted by Crippen LogP contribution is 2.40. The van der Waals surface area contributed by atoms with E-state index in [1.54, 1.807) is 6.07 Å². The molecule has 0 spiro atoms. The molecule has 2 unspecified atom stereocenters. The minimum Gasteiger partial charge on any atom is -0.330 e. The van der Waals surface area contributed by atoms with E-state index in [9.17, 15) is 13.2 Å². The highest BCUT2D eigenvalue weighted by molar-refractivity contribution is 5.86. The number of nitrogens with two attached hydrogens (primary N) is 1. The van der Waals surface area contributed by atoms with Gasteiger partial charge in [-0.1, -0.05) is 67.6 Å². The molecule has 0 amide bonds. The first-order valence-corrected chi connectivity index (χ1v) is 8.76. The van der Waals surface area contributed by atoms with Gasteiger partial charge in [0.05, 0.1) is 5.56 Å². The summed E-state index contributed by atoms with van der Waals surface area (Å²) >= 11 is 0. The Hall–Kier alpha value is -2.33. The van der Waals surface area contributed by atoms with Gasteiger partial charge in [0.15, 0.2) is 0 Å². The van der Waals surface area contributed by atoms with Crippen LogP contribution < -0.4 is 5.73 Å². The third-order valence-electron chi connectivity index (χ3n) is 5.04. The lowest BCUT2D eigenvalue weighted by Crippen LogP contribution is -2.15. The molecule has 0 aromatic heterocycles. The number of alkyl halides is 3. The molecule has 136 valence electrons. The van der Waals surface area contributed by atoms with Crippen LogP contribution in [-0.2, 0) is 6.18 Å². The van der Waals surface area contributed by atoms with E-state index < -0.39 is 11.7 Å². The minimum atomic E-state index is -4.34. The predicted octanol–water partition coefficient (Wildman–Crippen LogP) is 6.09. The molecule has 0 heterocycles. The zero-order chi connectivity index (χ0) is 18.7. The number of fused-ring (bicyclic) bond motifs is 1. The van der Waals surface area contributed by atoms with E-state index in [1.807, 2.05) is 30.3 Å². The van der Waals surface area contributed by atoms with E-state index >= 15 is 0 Å². The largest absolute Gasteiger partial charge is 0.416 e. The second kappa shape index (κ2) is 7.50. The van der Waals surface area contributed by atoms with Crippen LogP contribution in [0.5, 0.6) is 0 Å². The molecule has 0 bridgehead atoms. The van der Waals surface area contributed by atoms with Gasteiger partial charge >= 0.3 is 6.18 Å². The molecule has 3 aromatic carbocycles. The van der Waals surface area contributed by atoms with Crippen molar-refractivity contribution in [2.75, 3.05) is 6.54 Å². The van der Waals surface area contributed by atoms with Crippen molar-refractivity contribution in [3.8, 4) is 0 Å². The normalized spacial score (nSPS) is 14.3. The topological polar surface area (TPSA) is 26.0 Å². The fourth-order valence-electron chi connectivity index (χ4n) is 3.69. The van der Waals surface area contributed by atoms with Gasteiger partial charge in [0.2, 0.25) is 0 Å². The predicted molar refractivity (Wildman–Crippen MR) is 100 cm³/mol. The Balaban J connectivity index is 2.05. The summed E-state index contributed by atoms with van der Waals surface area (Å²) in [5.74, 6) is -0.0266. The van der Waals surface area contributed by atoms with E-state index in [4.69, 9.17) is 5.73 Å². The molecule has 0 saturated heterocycles. The molecule has 0 aliphatic rings. The first kappa shape index (κ1) is 18.5. The standard InChI is InChI=1S/C22H22F3N/c1-15(20-11-5-7-16-6-2-3-10-21(16)20)19(12-13-26)17-8-4-9-18(14-17)22(23,24)25/h2-11,14-15,19H,12-13,26H2,1H3. The molecule has 2 N–H and O–H groups in total. The van der Waals surface area contributed by atoms with Crippen LogP contribution in [0.2, 0.25) is 0 Å². The Labute approximate surface area is 151 Å². The monoisotopic (exact) mass is 357 g/mol. The lowest BCUT2D eigenvalue weighted by Gasteiger charge is -2.26. The maximum absolute atomic E-state index is 13.1. The molecule has 2 atom stereocenters. The summed E-state index contributed by atoms with van der Waals surface area (Å²) in [6.07, 6.45) is -3.71. The average Bonchev–Trinajstić information content (AvgIpc) is 2.64. The Morgan fingerprint density at radius 3 is 2.35 bits per heavy atom. The van der Waals surface area contributed by atoms with Gasteiger partial charge in [-0.25, -0.2) is 0 Å². The fourth-order valence-corrected chi connectivity index (χ4v) is 3.69. The maximum atomic E-state index is 13.1. The van der Waals surface area contributed by atoms with E-state index in [0.717, 1.165) is 22.4 Å². The van der Waals surface area contributed by atoms with E-state index in [2.05, 4.69) is 19.1 Å². The SMILES string of the molecule is CC(c1cccc2ccccc12)C(CCN)c1cccc(C(F)(F)F)c1. The third-order valence-corrected chi connectivity index (χ3v) is 5.04. The van der Waals surface area contributed by atoms with Crippen molar-refractivity contribution in [1.82, 2.24) is 0 Å². The zero-order valence-corrected chi connectivity index (χ0v) is 14.6. The Kier molecular flexibility index (Phi) is 5.33. The van der Waals surface area contributed by atoms with Crippen molar-refractivity contribution in [2.45, 2.75) is 31.4 Å². The molecule has 0 saturated carbocycles. The summed E-state index contributed by atoms with van der Waals surface area (Å²) in [7, 11) is 0. The summed E-state index contributed by atoms with van der Waals surface area (Å²) in [5.41, 5.74) is 7.01. The van der Waals surface area contributed by atoms with Gasteiger partial charge in [0.1, 0.15) is 0 Å². The number of halogens is 3. The van der Waals surface area contributed by atoms with Gasteiger partial charge < -0.3 is 5.73 Å².